The van der Waals surface area contributed by atoms with Crippen molar-refractivity contribution < 1.29 is 9.53 Å². The number of anilines is 1. The van der Waals surface area contributed by atoms with Crippen LogP contribution in [0.4, 0.5) is 5.69 Å². The number of carbonyl (C=O) groups is 1. The van der Waals surface area contributed by atoms with Crippen molar-refractivity contribution in [3.8, 4) is 5.75 Å². The van der Waals surface area contributed by atoms with E-state index in [1.165, 1.54) is 17.1 Å². The number of allylic oxidation sites excluding steroid dienone is 2. The topological polar surface area (TPSA) is 32.8 Å². The van der Waals surface area contributed by atoms with Gasteiger partial charge in [-0.25, -0.2) is 0 Å². The van der Waals surface area contributed by atoms with Crippen LogP contribution in [-0.4, -0.2) is 28.7 Å². The number of thiocarbonyl (C=S) groups is 1. The second kappa shape index (κ2) is 6.20. The van der Waals surface area contributed by atoms with Gasteiger partial charge in [0.2, 0.25) is 0 Å². The van der Waals surface area contributed by atoms with Crippen LogP contribution in [-0.2, 0) is 4.79 Å². The molecule has 1 saturated heterocycles. The summed E-state index contributed by atoms with van der Waals surface area (Å²) in [6.45, 7) is 2.51. The Labute approximate surface area is 155 Å². The molecule has 2 aliphatic heterocycles. The predicted octanol–water partition coefficient (Wildman–Crippen LogP) is 4.27. The molecule has 2 heterocycles. The van der Waals surface area contributed by atoms with Gasteiger partial charge in [-0.3, -0.25) is 9.69 Å². The Kier molecular flexibility index (Phi) is 4.01. The molecule has 4 rings (SSSR count). The average molecular weight is 368 g/mol. The molecule has 0 spiro atoms. The van der Waals surface area contributed by atoms with Crippen LogP contribution in [0.2, 0.25) is 0 Å². The quantitative estimate of drug-likeness (QED) is 0.584. The van der Waals surface area contributed by atoms with E-state index in [4.69, 9.17) is 17.0 Å². The van der Waals surface area contributed by atoms with Crippen molar-refractivity contribution in [1.29, 1.82) is 0 Å². The first-order valence-electron chi connectivity index (χ1n) is 7.99. The second-order valence-corrected chi connectivity index (χ2v) is 7.42. The highest BCUT2D eigenvalue weighted by Crippen LogP contribution is 2.43. The number of benzene rings is 2. The highest BCUT2D eigenvalue weighted by molar-refractivity contribution is 8.26. The molecule has 0 atom stereocenters. The number of ether oxygens (including phenoxy) is 1. The van der Waals surface area contributed by atoms with Crippen molar-refractivity contribution in [2.75, 3.05) is 18.5 Å². The number of nitrogens with zero attached hydrogens (tertiary/aromatic N) is 2. The first-order chi connectivity index (χ1) is 12.1. The molecule has 0 saturated carbocycles. The number of thioether (sulfide) groups is 1. The molecule has 4 nitrogen and oxygen atoms in total. The Bertz CT molecular complexity index is 965. The zero-order valence-electron chi connectivity index (χ0n) is 13.9. The maximum absolute atomic E-state index is 12.3. The van der Waals surface area contributed by atoms with Gasteiger partial charge in [0, 0.05) is 25.1 Å². The standard InChI is InChI=1S/C19H16N2O2S2/c1-3-21-18(22)15(25-19(21)24)10-11-16-20(2)17-13-7-5-4-6-12(13)8-9-14(17)23-16/h4-11H,3H2,1-2H3. The molecule has 1 fully saturated rings. The van der Waals surface area contributed by atoms with Gasteiger partial charge in [-0.05, 0) is 24.5 Å². The fourth-order valence-corrected chi connectivity index (χ4v) is 4.36. The Morgan fingerprint density at radius 1 is 1.20 bits per heavy atom. The molecule has 2 aromatic rings. The van der Waals surface area contributed by atoms with Crippen molar-refractivity contribution in [2.45, 2.75) is 6.92 Å². The van der Waals surface area contributed by atoms with Crippen LogP contribution in [0.25, 0.3) is 10.8 Å². The smallest absolute Gasteiger partial charge is 0.266 e. The maximum Gasteiger partial charge on any atom is 0.266 e. The fraction of sp³-hybridized carbons (Fsp3) is 0.158. The van der Waals surface area contributed by atoms with Crippen molar-refractivity contribution in [1.82, 2.24) is 4.90 Å². The number of likely N-dealkylation sites (N-methyl/N-ethyl adjacent to an activating group) is 1. The third kappa shape index (κ3) is 2.62. The van der Waals surface area contributed by atoms with E-state index in [1.807, 2.05) is 43.1 Å². The average Bonchev–Trinajstić information content (AvgIpc) is 3.09. The molecule has 6 heteroatoms. The molecule has 2 aliphatic rings. The first-order valence-corrected chi connectivity index (χ1v) is 9.21. The van der Waals surface area contributed by atoms with Gasteiger partial charge in [-0.1, -0.05) is 54.3 Å². The van der Waals surface area contributed by atoms with E-state index in [-0.39, 0.29) is 5.91 Å². The van der Waals surface area contributed by atoms with Crippen LogP contribution in [0, 0.1) is 0 Å². The van der Waals surface area contributed by atoms with E-state index >= 15 is 0 Å². The molecule has 25 heavy (non-hydrogen) atoms. The van der Waals surface area contributed by atoms with E-state index in [0.717, 1.165) is 16.8 Å². The van der Waals surface area contributed by atoms with Crippen LogP contribution in [0.1, 0.15) is 6.92 Å². The Morgan fingerprint density at radius 2 is 2.00 bits per heavy atom. The highest BCUT2D eigenvalue weighted by Gasteiger charge is 2.31. The molecule has 0 N–H and O–H groups in total. The lowest BCUT2D eigenvalue weighted by Crippen LogP contribution is -2.27. The van der Waals surface area contributed by atoms with Gasteiger partial charge in [0.1, 0.15) is 4.32 Å². The van der Waals surface area contributed by atoms with Crippen LogP contribution in [0.15, 0.2) is 59.3 Å². The summed E-state index contributed by atoms with van der Waals surface area (Å²) in [5.74, 6) is 1.47. The molecule has 0 bridgehead atoms. The predicted molar refractivity (Wildman–Crippen MR) is 107 cm³/mol. The minimum atomic E-state index is -0.0436. The Balaban J connectivity index is 1.68. The lowest BCUT2D eigenvalue weighted by molar-refractivity contribution is -0.122. The van der Waals surface area contributed by atoms with Crippen molar-refractivity contribution >= 4 is 50.7 Å². The normalized spacial score (nSPS) is 20.1. The third-order valence-corrected chi connectivity index (χ3v) is 5.71. The third-order valence-electron chi connectivity index (χ3n) is 4.31. The van der Waals surface area contributed by atoms with Crippen molar-refractivity contribution in [2.24, 2.45) is 0 Å². The van der Waals surface area contributed by atoms with Crippen LogP contribution >= 0.6 is 24.0 Å². The van der Waals surface area contributed by atoms with Crippen LogP contribution in [0.5, 0.6) is 5.75 Å². The molecular formula is C19H16N2O2S2. The number of hydrogen-bond acceptors (Lipinski definition) is 5. The van der Waals surface area contributed by atoms with Gasteiger partial charge in [0.25, 0.3) is 5.91 Å². The lowest BCUT2D eigenvalue weighted by atomic mass is 10.1. The number of carbonyl (C=O) groups excluding carboxylic acids is 1. The number of amides is 1. The molecule has 1 amide bonds. The first kappa shape index (κ1) is 16.2. The summed E-state index contributed by atoms with van der Waals surface area (Å²) in [6.07, 6.45) is 3.62. The van der Waals surface area contributed by atoms with Crippen molar-refractivity contribution in [3.63, 3.8) is 0 Å². The number of rotatable bonds is 2. The van der Waals surface area contributed by atoms with Gasteiger partial charge >= 0.3 is 0 Å². The molecule has 0 aromatic heterocycles. The van der Waals surface area contributed by atoms with E-state index < -0.39 is 0 Å². The summed E-state index contributed by atoms with van der Waals surface area (Å²) in [5.41, 5.74) is 1.04. The number of fused-ring (bicyclic) bond motifs is 3. The molecule has 0 unspecified atom stereocenters. The summed E-state index contributed by atoms with van der Waals surface area (Å²) >= 11 is 6.57. The summed E-state index contributed by atoms with van der Waals surface area (Å²) in [6, 6.07) is 12.2. The van der Waals surface area contributed by atoms with Gasteiger partial charge < -0.3 is 9.64 Å². The molecule has 2 aromatic carbocycles. The molecular weight excluding hydrogens is 352 g/mol. The van der Waals surface area contributed by atoms with Gasteiger partial charge in [0.05, 0.1) is 10.6 Å². The molecule has 0 aliphatic carbocycles. The molecule has 0 radical (unpaired) electrons. The van der Waals surface area contributed by atoms with Gasteiger partial charge in [0.15, 0.2) is 11.6 Å². The van der Waals surface area contributed by atoms with Gasteiger partial charge in [-0.2, -0.15) is 0 Å². The zero-order valence-corrected chi connectivity index (χ0v) is 15.5. The van der Waals surface area contributed by atoms with Crippen LogP contribution < -0.4 is 9.64 Å². The van der Waals surface area contributed by atoms with Gasteiger partial charge in [-0.15, -0.1) is 0 Å². The van der Waals surface area contributed by atoms with Crippen LogP contribution in [0.3, 0.4) is 0 Å². The number of hydrogen-bond donors (Lipinski definition) is 0. The van der Waals surface area contributed by atoms with E-state index in [0.29, 0.717) is 21.7 Å². The maximum atomic E-state index is 12.3. The SMILES string of the molecule is CCN1C(=O)C(=CC=C2Oc3ccc4ccccc4c3N2C)SC1=S. The summed E-state index contributed by atoms with van der Waals surface area (Å²) in [7, 11) is 1.97. The minimum Gasteiger partial charge on any atom is -0.439 e. The van der Waals surface area contributed by atoms with E-state index in [2.05, 4.69) is 18.2 Å². The summed E-state index contributed by atoms with van der Waals surface area (Å²) in [4.78, 5) is 16.5. The second-order valence-electron chi connectivity index (χ2n) is 5.75. The minimum absolute atomic E-state index is 0.0436. The Morgan fingerprint density at radius 3 is 2.76 bits per heavy atom. The Hall–Kier alpha value is -2.31. The lowest BCUT2D eigenvalue weighted by Gasteiger charge is -2.12. The zero-order chi connectivity index (χ0) is 17.6. The molecule has 126 valence electrons. The largest absolute Gasteiger partial charge is 0.439 e. The van der Waals surface area contributed by atoms with E-state index in [1.54, 1.807) is 11.0 Å². The summed E-state index contributed by atoms with van der Waals surface area (Å²) in [5, 5.41) is 2.31. The van der Waals surface area contributed by atoms with E-state index in [9.17, 15) is 4.79 Å². The van der Waals surface area contributed by atoms with Crippen molar-refractivity contribution in [3.05, 3.63) is 59.3 Å². The monoisotopic (exact) mass is 368 g/mol. The fourth-order valence-electron chi connectivity index (χ4n) is 3.03. The summed E-state index contributed by atoms with van der Waals surface area (Å²) < 4.78 is 6.58. The highest BCUT2D eigenvalue weighted by atomic mass is 32.2.